The molecular formula is C26H38N6O2. The van der Waals surface area contributed by atoms with E-state index in [9.17, 15) is 10.0 Å². The highest BCUT2D eigenvalue weighted by Gasteiger charge is 2.19. The van der Waals surface area contributed by atoms with Crippen LogP contribution in [0, 0.1) is 5.92 Å². The molecule has 1 fully saturated rings. The maximum absolute atomic E-state index is 11.3. The van der Waals surface area contributed by atoms with Crippen molar-refractivity contribution in [3.63, 3.8) is 0 Å². The van der Waals surface area contributed by atoms with Gasteiger partial charge in [-0.15, -0.1) is 0 Å². The molecule has 0 unspecified atom stereocenters. The molecular weight excluding hydrogens is 428 g/mol. The van der Waals surface area contributed by atoms with Gasteiger partial charge in [0.25, 0.3) is 5.56 Å². The van der Waals surface area contributed by atoms with Crippen molar-refractivity contribution >= 4 is 28.5 Å². The number of aliphatic imine (C=N–C) groups is 1. The predicted molar refractivity (Wildman–Crippen MR) is 140 cm³/mol. The zero-order valence-electron chi connectivity index (χ0n) is 20.6. The number of hydrazine groups is 1. The SMILES string of the molecule is CCCCC(=N/C=C(\C)c1ccc(Nc2ccc(=O)[nH]n2)cc1N(O)NCC)C1CCCCC1. The summed E-state index contributed by atoms with van der Waals surface area (Å²) in [6.45, 7) is 6.74. The van der Waals surface area contributed by atoms with Crippen molar-refractivity contribution in [2.45, 2.75) is 72.1 Å². The second-order valence-corrected chi connectivity index (χ2v) is 8.86. The second kappa shape index (κ2) is 13.1. The third kappa shape index (κ3) is 7.27. The van der Waals surface area contributed by atoms with Crippen molar-refractivity contribution in [2.24, 2.45) is 10.9 Å². The number of hydrogen-bond acceptors (Lipinski definition) is 7. The quantitative estimate of drug-likeness (QED) is 0.246. The summed E-state index contributed by atoms with van der Waals surface area (Å²) < 4.78 is 0. The van der Waals surface area contributed by atoms with Gasteiger partial charge in [0.2, 0.25) is 0 Å². The van der Waals surface area contributed by atoms with Crippen LogP contribution in [0.4, 0.5) is 17.2 Å². The Morgan fingerprint density at radius 3 is 2.71 bits per heavy atom. The van der Waals surface area contributed by atoms with E-state index < -0.39 is 0 Å². The Bertz CT molecular complexity index is 1020. The van der Waals surface area contributed by atoms with Gasteiger partial charge in [0.1, 0.15) is 0 Å². The number of H-pyrrole nitrogens is 1. The molecule has 8 nitrogen and oxygen atoms in total. The van der Waals surface area contributed by atoms with Crippen LogP contribution in [-0.4, -0.2) is 27.7 Å². The van der Waals surface area contributed by atoms with Gasteiger partial charge in [-0.05, 0) is 62.3 Å². The highest BCUT2D eigenvalue weighted by molar-refractivity contribution is 5.88. The zero-order chi connectivity index (χ0) is 24.3. The lowest BCUT2D eigenvalue weighted by Gasteiger charge is -2.23. The molecule has 0 saturated heterocycles. The van der Waals surface area contributed by atoms with Crippen LogP contribution in [0.2, 0.25) is 0 Å². The van der Waals surface area contributed by atoms with Gasteiger partial charge >= 0.3 is 0 Å². The maximum atomic E-state index is 11.3. The van der Waals surface area contributed by atoms with Crippen LogP contribution in [0.5, 0.6) is 0 Å². The Hall–Kier alpha value is -2.97. The van der Waals surface area contributed by atoms with Gasteiger partial charge < -0.3 is 5.32 Å². The minimum Gasteiger partial charge on any atom is -0.339 e. The molecule has 0 atom stereocenters. The second-order valence-electron chi connectivity index (χ2n) is 8.86. The lowest BCUT2D eigenvalue weighted by atomic mass is 9.84. The third-order valence-electron chi connectivity index (χ3n) is 6.20. The van der Waals surface area contributed by atoms with Crippen LogP contribution < -0.4 is 21.5 Å². The fourth-order valence-corrected chi connectivity index (χ4v) is 4.33. The van der Waals surface area contributed by atoms with Gasteiger partial charge in [0.05, 0.1) is 5.69 Å². The maximum Gasteiger partial charge on any atom is 0.264 e. The Kier molecular flexibility index (Phi) is 9.85. The summed E-state index contributed by atoms with van der Waals surface area (Å²) in [5.74, 6) is 1.10. The normalized spacial score (nSPS) is 15.4. The predicted octanol–water partition coefficient (Wildman–Crippen LogP) is 5.81. The van der Waals surface area contributed by atoms with Crippen molar-refractivity contribution in [2.75, 3.05) is 17.0 Å². The molecule has 1 saturated carbocycles. The average molecular weight is 467 g/mol. The number of hydrogen-bond donors (Lipinski definition) is 4. The summed E-state index contributed by atoms with van der Waals surface area (Å²) >= 11 is 0. The molecule has 2 aromatic rings. The highest BCUT2D eigenvalue weighted by atomic mass is 16.5. The fraction of sp³-hybridized carbons (Fsp3) is 0.500. The molecule has 1 aromatic carbocycles. The van der Waals surface area contributed by atoms with E-state index in [0.717, 1.165) is 34.8 Å². The molecule has 0 aliphatic heterocycles. The van der Waals surface area contributed by atoms with E-state index in [0.29, 0.717) is 24.0 Å². The smallest absolute Gasteiger partial charge is 0.264 e. The average Bonchev–Trinajstić information content (AvgIpc) is 2.86. The summed E-state index contributed by atoms with van der Waals surface area (Å²) in [6.07, 6.45) is 11.7. The number of aromatic nitrogens is 2. The molecule has 0 radical (unpaired) electrons. The van der Waals surface area contributed by atoms with Crippen molar-refractivity contribution in [3.05, 3.63) is 52.4 Å². The zero-order valence-corrected chi connectivity index (χ0v) is 20.6. The Balaban J connectivity index is 1.89. The van der Waals surface area contributed by atoms with Gasteiger partial charge in [-0.2, -0.15) is 10.3 Å². The number of aromatic amines is 1. The van der Waals surface area contributed by atoms with Gasteiger partial charge in [0.15, 0.2) is 5.82 Å². The lowest BCUT2D eigenvalue weighted by Crippen LogP contribution is -2.35. The number of rotatable bonds is 11. The van der Waals surface area contributed by atoms with E-state index in [1.54, 1.807) is 6.07 Å². The number of allylic oxidation sites excluding steroid dienone is 1. The first-order valence-electron chi connectivity index (χ1n) is 12.4. The molecule has 1 heterocycles. The van der Waals surface area contributed by atoms with E-state index >= 15 is 0 Å². The van der Waals surface area contributed by atoms with Crippen molar-refractivity contribution < 1.29 is 5.21 Å². The Morgan fingerprint density at radius 1 is 1.24 bits per heavy atom. The van der Waals surface area contributed by atoms with Crippen LogP contribution in [0.3, 0.4) is 0 Å². The van der Waals surface area contributed by atoms with Crippen LogP contribution in [0.15, 0.2) is 46.3 Å². The number of anilines is 3. The molecule has 1 aliphatic carbocycles. The molecule has 34 heavy (non-hydrogen) atoms. The molecule has 4 N–H and O–H groups in total. The molecule has 0 amide bonds. The van der Waals surface area contributed by atoms with Crippen molar-refractivity contribution in [1.82, 2.24) is 15.6 Å². The standard InChI is InChI=1S/C26H38N6O2/c1-4-6-12-23(20-10-8-7-9-11-20)27-18-19(3)22-14-13-21(17-24(22)32(34)28-5-2)29-25-15-16-26(33)31-30-25/h13-18,20,28,34H,4-12H2,1-3H3,(H,29,30)(H,31,33)/b19-18+,27-23?. The largest absolute Gasteiger partial charge is 0.339 e. The molecule has 1 aliphatic rings. The summed E-state index contributed by atoms with van der Waals surface area (Å²) in [7, 11) is 0. The first-order chi connectivity index (χ1) is 16.5. The monoisotopic (exact) mass is 466 g/mol. The molecule has 1 aromatic heterocycles. The first-order valence-corrected chi connectivity index (χ1v) is 12.4. The fourth-order valence-electron chi connectivity index (χ4n) is 4.33. The van der Waals surface area contributed by atoms with E-state index in [1.165, 1.54) is 50.3 Å². The van der Waals surface area contributed by atoms with Gasteiger partial charge in [0, 0.05) is 35.8 Å². The first kappa shape index (κ1) is 25.6. The third-order valence-corrected chi connectivity index (χ3v) is 6.20. The van der Waals surface area contributed by atoms with E-state index in [1.807, 2.05) is 38.2 Å². The summed E-state index contributed by atoms with van der Waals surface area (Å²) in [5, 5.41) is 21.2. The van der Waals surface area contributed by atoms with Crippen molar-refractivity contribution in [3.8, 4) is 0 Å². The van der Waals surface area contributed by atoms with Gasteiger partial charge in [-0.1, -0.05) is 45.6 Å². The van der Waals surface area contributed by atoms with Crippen LogP contribution in [-0.2, 0) is 0 Å². The summed E-state index contributed by atoms with van der Waals surface area (Å²) in [4.78, 5) is 16.2. The minimum atomic E-state index is -0.261. The number of benzene rings is 1. The van der Waals surface area contributed by atoms with Gasteiger partial charge in [-0.3, -0.25) is 15.0 Å². The molecule has 0 spiro atoms. The molecule has 3 rings (SSSR count). The summed E-state index contributed by atoms with van der Waals surface area (Å²) in [6, 6.07) is 8.74. The lowest BCUT2D eigenvalue weighted by molar-refractivity contribution is 0.214. The van der Waals surface area contributed by atoms with E-state index in [-0.39, 0.29) is 5.56 Å². The Morgan fingerprint density at radius 2 is 2.03 bits per heavy atom. The minimum absolute atomic E-state index is 0.261. The number of nitrogens with one attached hydrogen (secondary N) is 3. The van der Waals surface area contributed by atoms with Crippen LogP contribution >= 0.6 is 0 Å². The van der Waals surface area contributed by atoms with Crippen molar-refractivity contribution in [1.29, 1.82) is 0 Å². The van der Waals surface area contributed by atoms with E-state index in [4.69, 9.17) is 4.99 Å². The molecule has 8 heteroatoms. The van der Waals surface area contributed by atoms with Crippen LogP contribution in [0.1, 0.15) is 77.7 Å². The van der Waals surface area contributed by atoms with Gasteiger partial charge in [-0.25, -0.2) is 10.5 Å². The Labute approximate surface area is 202 Å². The molecule has 184 valence electrons. The number of nitrogens with zero attached hydrogens (tertiary/aromatic N) is 3. The van der Waals surface area contributed by atoms with E-state index in [2.05, 4.69) is 27.9 Å². The molecule has 0 bridgehead atoms. The topological polar surface area (TPSA) is 106 Å². The van der Waals surface area contributed by atoms with Crippen LogP contribution in [0.25, 0.3) is 5.57 Å². The highest BCUT2D eigenvalue weighted by Crippen LogP contribution is 2.31. The summed E-state index contributed by atoms with van der Waals surface area (Å²) in [5.41, 5.74) is 7.19. The number of unbranched alkanes of at least 4 members (excludes halogenated alkanes) is 1.